The molecule has 0 saturated carbocycles. The zero-order chi connectivity index (χ0) is 13.1. The maximum Gasteiger partial charge on any atom is 0.223 e. The van der Waals surface area contributed by atoms with Gasteiger partial charge in [-0.25, -0.2) is 5.84 Å². The highest BCUT2D eigenvalue weighted by Crippen LogP contribution is 2.16. The smallest absolute Gasteiger partial charge is 0.223 e. The van der Waals surface area contributed by atoms with E-state index in [4.69, 9.17) is 16.1 Å². The van der Waals surface area contributed by atoms with Crippen LogP contribution < -0.4 is 22.3 Å². The molecule has 2 rings (SSSR count). The summed E-state index contributed by atoms with van der Waals surface area (Å²) < 4.78 is 5.07. The van der Waals surface area contributed by atoms with Crippen molar-refractivity contribution in [2.75, 3.05) is 16.5 Å². The van der Waals surface area contributed by atoms with Crippen molar-refractivity contribution in [3.05, 3.63) is 23.1 Å². The van der Waals surface area contributed by atoms with Crippen molar-refractivity contribution in [1.82, 2.24) is 15.1 Å². The lowest BCUT2D eigenvalue weighted by molar-refractivity contribution is 0.392. The van der Waals surface area contributed by atoms with Crippen LogP contribution in [0.1, 0.15) is 17.0 Å². The van der Waals surface area contributed by atoms with Gasteiger partial charge in [0.05, 0.1) is 5.69 Å². The molecule has 0 saturated heterocycles. The SMILES string of the molecule is Cc1noc(C)c1CNc1cc(NN)nc(N)n1. The molecule has 2 heterocycles. The summed E-state index contributed by atoms with van der Waals surface area (Å²) in [4.78, 5) is 7.94. The molecule has 6 N–H and O–H groups in total. The molecule has 0 aliphatic carbocycles. The normalized spacial score (nSPS) is 10.4. The molecule has 96 valence electrons. The highest BCUT2D eigenvalue weighted by molar-refractivity contribution is 5.50. The van der Waals surface area contributed by atoms with Crippen LogP contribution in [0.4, 0.5) is 17.6 Å². The molecular formula is C10H15N7O. The first-order valence-corrected chi connectivity index (χ1v) is 5.37. The topological polar surface area (TPSA) is 128 Å². The summed E-state index contributed by atoms with van der Waals surface area (Å²) in [5, 5.41) is 6.99. The molecule has 0 aliphatic rings. The van der Waals surface area contributed by atoms with Crippen LogP contribution in [0.25, 0.3) is 0 Å². The van der Waals surface area contributed by atoms with E-state index in [-0.39, 0.29) is 5.95 Å². The van der Waals surface area contributed by atoms with E-state index >= 15 is 0 Å². The van der Waals surface area contributed by atoms with Gasteiger partial charge in [-0.15, -0.1) is 0 Å². The number of nitrogen functional groups attached to an aromatic ring is 2. The third-order valence-corrected chi connectivity index (χ3v) is 2.52. The molecular weight excluding hydrogens is 234 g/mol. The summed E-state index contributed by atoms with van der Waals surface area (Å²) in [7, 11) is 0. The van der Waals surface area contributed by atoms with Crippen molar-refractivity contribution >= 4 is 17.6 Å². The second-order valence-electron chi connectivity index (χ2n) is 3.80. The lowest BCUT2D eigenvalue weighted by Crippen LogP contribution is -2.12. The molecule has 0 atom stereocenters. The lowest BCUT2D eigenvalue weighted by atomic mass is 10.2. The molecule has 2 aromatic heterocycles. The van der Waals surface area contributed by atoms with Gasteiger partial charge >= 0.3 is 0 Å². The first kappa shape index (κ1) is 12.1. The molecule has 8 nitrogen and oxygen atoms in total. The van der Waals surface area contributed by atoms with E-state index in [0.717, 1.165) is 17.0 Å². The summed E-state index contributed by atoms with van der Waals surface area (Å²) >= 11 is 0. The Labute approximate surface area is 104 Å². The molecule has 0 fully saturated rings. The monoisotopic (exact) mass is 249 g/mol. The van der Waals surface area contributed by atoms with Crippen LogP contribution in [0.2, 0.25) is 0 Å². The van der Waals surface area contributed by atoms with Crippen LogP contribution in [-0.2, 0) is 6.54 Å². The summed E-state index contributed by atoms with van der Waals surface area (Å²) in [6.45, 7) is 4.29. The maximum absolute atomic E-state index is 5.56. The van der Waals surface area contributed by atoms with Crippen molar-refractivity contribution in [2.24, 2.45) is 5.84 Å². The fraction of sp³-hybridized carbons (Fsp3) is 0.300. The standard InChI is InChI=1S/C10H15N7O/c1-5-7(6(2)18-17-5)4-13-8-3-9(16-12)15-10(11)14-8/h3H,4,12H2,1-2H3,(H4,11,13,14,15,16). The summed E-state index contributed by atoms with van der Waals surface area (Å²) in [5.74, 6) is 7.23. The average Bonchev–Trinajstić information content (AvgIpc) is 2.66. The summed E-state index contributed by atoms with van der Waals surface area (Å²) in [6.07, 6.45) is 0. The number of anilines is 3. The molecule has 0 aliphatic heterocycles. The number of hydrazine groups is 1. The minimum atomic E-state index is 0.145. The Kier molecular flexibility index (Phi) is 3.28. The number of nitrogens with two attached hydrogens (primary N) is 2. The van der Waals surface area contributed by atoms with E-state index in [2.05, 4.69) is 25.9 Å². The van der Waals surface area contributed by atoms with Gasteiger partial charge in [-0.05, 0) is 13.8 Å². The van der Waals surface area contributed by atoms with Gasteiger partial charge in [-0.3, -0.25) is 0 Å². The van der Waals surface area contributed by atoms with Gasteiger partial charge in [0.1, 0.15) is 17.4 Å². The van der Waals surface area contributed by atoms with Crippen LogP contribution in [0, 0.1) is 13.8 Å². The highest BCUT2D eigenvalue weighted by Gasteiger charge is 2.09. The molecule has 0 unspecified atom stereocenters. The lowest BCUT2D eigenvalue weighted by Gasteiger charge is -2.07. The zero-order valence-corrected chi connectivity index (χ0v) is 10.2. The summed E-state index contributed by atoms with van der Waals surface area (Å²) in [6, 6.07) is 1.66. The fourth-order valence-electron chi connectivity index (χ4n) is 1.56. The number of hydrogen-bond acceptors (Lipinski definition) is 8. The first-order valence-electron chi connectivity index (χ1n) is 5.37. The van der Waals surface area contributed by atoms with E-state index in [1.807, 2.05) is 13.8 Å². The van der Waals surface area contributed by atoms with E-state index in [1.54, 1.807) is 6.07 Å². The summed E-state index contributed by atoms with van der Waals surface area (Å²) in [5.41, 5.74) is 9.82. The quantitative estimate of drug-likeness (QED) is 0.457. The molecule has 0 spiro atoms. The highest BCUT2D eigenvalue weighted by atomic mass is 16.5. The first-order chi connectivity index (χ1) is 8.60. The van der Waals surface area contributed by atoms with Crippen LogP contribution in [0.3, 0.4) is 0 Å². The van der Waals surface area contributed by atoms with E-state index in [9.17, 15) is 0 Å². The van der Waals surface area contributed by atoms with Gasteiger partial charge in [0, 0.05) is 18.2 Å². The largest absolute Gasteiger partial charge is 0.368 e. The van der Waals surface area contributed by atoms with Crippen molar-refractivity contribution < 1.29 is 4.52 Å². The number of nitrogens with zero attached hydrogens (tertiary/aromatic N) is 3. The number of nitrogens with one attached hydrogen (secondary N) is 2. The van der Waals surface area contributed by atoms with Crippen molar-refractivity contribution in [3.8, 4) is 0 Å². The third kappa shape index (κ3) is 2.48. The van der Waals surface area contributed by atoms with Gasteiger partial charge in [-0.2, -0.15) is 9.97 Å². The second-order valence-corrected chi connectivity index (χ2v) is 3.80. The zero-order valence-electron chi connectivity index (χ0n) is 10.2. The Balaban J connectivity index is 2.13. The van der Waals surface area contributed by atoms with Crippen molar-refractivity contribution in [3.63, 3.8) is 0 Å². The van der Waals surface area contributed by atoms with E-state index in [1.165, 1.54) is 0 Å². The predicted molar refractivity (Wildman–Crippen MR) is 67.6 cm³/mol. The maximum atomic E-state index is 5.56. The molecule has 2 aromatic rings. The molecule has 0 radical (unpaired) electrons. The molecule has 8 heteroatoms. The second kappa shape index (κ2) is 4.88. The molecule has 0 bridgehead atoms. The molecule has 0 amide bonds. The van der Waals surface area contributed by atoms with Crippen molar-refractivity contribution in [1.29, 1.82) is 0 Å². The Morgan fingerprint density at radius 3 is 2.61 bits per heavy atom. The minimum absolute atomic E-state index is 0.145. The van der Waals surface area contributed by atoms with Gasteiger partial charge in [-0.1, -0.05) is 5.16 Å². The van der Waals surface area contributed by atoms with Crippen LogP contribution in [0.15, 0.2) is 10.6 Å². The van der Waals surface area contributed by atoms with Crippen LogP contribution in [0.5, 0.6) is 0 Å². The van der Waals surface area contributed by atoms with Gasteiger partial charge in [0.2, 0.25) is 5.95 Å². The van der Waals surface area contributed by atoms with Gasteiger partial charge in [0.15, 0.2) is 0 Å². The van der Waals surface area contributed by atoms with Gasteiger partial charge in [0.25, 0.3) is 0 Å². The van der Waals surface area contributed by atoms with Crippen LogP contribution in [-0.4, -0.2) is 15.1 Å². The van der Waals surface area contributed by atoms with E-state index < -0.39 is 0 Å². The predicted octanol–water partition coefficient (Wildman–Crippen LogP) is 0.561. The Morgan fingerprint density at radius 1 is 1.28 bits per heavy atom. The van der Waals surface area contributed by atoms with E-state index in [0.29, 0.717) is 18.2 Å². The minimum Gasteiger partial charge on any atom is -0.368 e. The van der Waals surface area contributed by atoms with Crippen LogP contribution >= 0.6 is 0 Å². The Morgan fingerprint density at radius 2 is 2.00 bits per heavy atom. The molecule has 18 heavy (non-hydrogen) atoms. The van der Waals surface area contributed by atoms with Crippen molar-refractivity contribution in [2.45, 2.75) is 20.4 Å². The Bertz CT molecular complexity index is 532. The number of hydrogen-bond donors (Lipinski definition) is 4. The fourth-order valence-corrected chi connectivity index (χ4v) is 1.56. The number of aromatic nitrogens is 3. The van der Waals surface area contributed by atoms with Gasteiger partial charge < -0.3 is 21.0 Å². The third-order valence-electron chi connectivity index (χ3n) is 2.52. The molecule has 0 aromatic carbocycles. The Hall–Kier alpha value is -2.35. The average molecular weight is 249 g/mol. The number of rotatable bonds is 4. The number of aryl methyl sites for hydroxylation is 2.